The van der Waals surface area contributed by atoms with Crippen molar-refractivity contribution in [3.63, 3.8) is 0 Å². The van der Waals surface area contributed by atoms with Gasteiger partial charge in [-0.3, -0.25) is 0 Å². The number of nitrogens with one attached hydrogen (secondary N) is 1. The SMILES string of the molecule is CC(C)CC1(CNC(C)c2ccc(Br)cc2Br)CCCC1. The van der Waals surface area contributed by atoms with Crippen LogP contribution in [-0.4, -0.2) is 6.54 Å². The predicted octanol–water partition coefficient (Wildman–Crippen LogP) is 6.47. The van der Waals surface area contributed by atoms with E-state index in [4.69, 9.17) is 0 Å². The summed E-state index contributed by atoms with van der Waals surface area (Å²) >= 11 is 7.21. The van der Waals surface area contributed by atoms with Crippen molar-refractivity contribution in [2.45, 2.75) is 58.9 Å². The molecule has 1 aromatic rings. The van der Waals surface area contributed by atoms with E-state index in [2.05, 4.69) is 76.1 Å². The van der Waals surface area contributed by atoms with Crippen molar-refractivity contribution in [2.24, 2.45) is 11.3 Å². The molecule has 3 heteroatoms. The average Bonchev–Trinajstić information content (AvgIpc) is 2.84. The molecule has 1 saturated carbocycles. The zero-order valence-electron chi connectivity index (χ0n) is 13.4. The van der Waals surface area contributed by atoms with Crippen LogP contribution in [0.1, 0.15) is 64.5 Å². The van der Waals surface area contributed by atoms with Crippen molar-refractivity contribution in [3.05, 3.63) is 32.7 Å². The molecule has 1 atom stereocenters. The van der Waals surface area contributed by atoms with Gasteiger partial charge in [-0.15, -0.1) is 0 Å². The Hall–Kier alpha value is 0.140. The molecule has 0 bridgehead atoms. The highest BCUT2D eigenvalue weighted by molar-refractivity contribution is 9.11. The molecular formula is C18H27Br2N. The normalized spacial score (nSPS) is 19.1. The van der Waals surface area contributed by atoms with Crippen LogP contribution in [0.3, 0.4) is 0 Å². The summed E-state index contributed by atoms with van der Waals surface area (Å²) < 4.78 is 2.30. The lowest BCUT2D eigenvalue weighted by Crippen LogP contribution is -2.34. The lowest BCUT2D eigenvalue weighted by Gasteiger charge is -2.33. The van der Waals surface area contributed by atoms with Crippen molar-refractivity contribution in [1.82, 2.24) is 5.32 Å². The fraction of sp³-hybridized carbons (Fsp3) is 0.667. The van der Waals surface area contributed by atoms with Gasteiger partial charge in [0, 0.05) is 21.5 Å². The second kappa shape index (κ2) is 7.61. The summed E-state index contributed by atoms with van der Waals surface area (Å²) in [6.45, 7) is 8.13. The van der Waals surface area contributed by atoms with Crippen molar-refractivity contribution in [3.8, 4) is 0 Å². The first-order chi connectivity index (χ1) is 9.92. The number of benzene rings is 1. The summed E-state index contributed by atoms with van der Waals surface area (Å²) in [5.74, 6) is 0.791. The molecule has 0 spiro atoms. The van der Waals surface area contributed by atoms with Gasteiger partial charge in [-0.2, -0.15) is 0 Å². The smallest absolute Gasteiger partial charge is 0.0303 e. The second-order valence-electron chi connectivity index (χ2n) is 7.07. The van der Waals surface area contributed by atoms with E-state index in [-0.39, 0.29) is 0 Å². The van der Waals surface area contributed by atoms with E-state index in [1.807, 2.05) is 0 Å². The fourth-order valence-electron chi connectivity index (χ4n) is 3.78. The third-order valence-electron chi connectivity index (χ3n) is 4.72. The Labute approximate surface area is 146 Å². The molecule has 1 aromatic carbocycles. The molecule has 21 heavy (non-hydrogen) atoms. The van der Waals surface area contributed by atoms with Crippen LogP contribution in [0.5, 0.6) is 0 Å². The van der Waals surface area contributed by atoms with E-state index in [0.717, 1.165) is 16.9 Å². The standard InChI is InChI=1S/C18H27Br2N/c1-13(2)11-18(8-4-5-9-18)12-21-14(3)16-7-6-15(19)10-17(16)20/h6-7,10,13-14,21H,4-5,8-9,11-12H2,1-3H3. The Morgan fingerprint density at radius 2 is 1.81 bits per heavy atom. The van der Waals surface area contributed by atoms with Crippen LogP contribution in [0.15, 0.2) is 27.1 Å². The predicted molar refractivity (Wildman–Crippen MR) is 98.6 cm³/mol. The van der Waals surface area contributed by atoms with Crippen molar-refractivity contribution in [2.75, 3.05) is 6.54 Å². The monoisotopic (exact) mass is 415 g/mol. The summed E-state index contributed by atoms with van der Waals surface area (Å²) in [7, 11) is 0. The Morgan fingerprint density at radius 1 is 1.14 bits per heavy atom. The zero-order valence-corrected chi connectivity index (χ0v) is 16.6. The molecule has 1 aliphatic rings. The topological polar surface area (TPSA) is 12.0 Å². The van der Waals surface area contributed by atoms with Gasteiger partial charge in [0.05, 0.1) is 0 Å². The first kappa shape index (κ1) is 17.5. The Morgan fingerprint density at radius 3 is 2.38 bits per heavy atom. The van der Waals surface area contributed by atoms with E-state index >= 15 is 0 Å². The summed E-state index contributed by atoms with van der Waals surface area (Å²) in [6.07, 6.45) is 6.96. The molecule has 0 radical (unpaired) electrons. The lowest BCUT2D eigenvalue weighted by atomic mass is 9.78. The molecule has 1 fully saturated rings. The third kappa shape index (κ3) is 4.80. The molecule has 0 saturated heterocycles. The lowest BCUT2D eigenvalue weighted by molar-refractivity contribution is 0.217. The molecule has 2 rings (SSSR count). The van der Waals surface area contributed by atoms with Crippen LogP contribution in [0.25, 0.3) is 0 Å². The van der Waals surface area contributed by atoms with Gasteiger partial charge in [-0.05, 0) is 55.2 Å². The minimum absolute atomic E-state index is 0.386. The number of hydrogen-bond donors (Lipinski definition) is 1. The van der Waals surface area contributed by atoms with Crippen molar-refractivity contribution in [1.29, 1.82) is 0 Å². The number of halogens is 2. The van der Waals surface area contributed by atoms with Gasteiger partial charge in [-0.1, -0.05) is 64.6 Å². The fourth-order valence-corrected chi connectivity index (χ4v) is 5.17. The molecule has 1 aliphatic carbocycles. The number of hydrogen-bond acceptors (Lipinski definition) is 1. The molecular weight excluding hydrogens is 390 g/mol. The van der Waals surface area contributed by atoms with Gasteiger partial charge in [-0.25, -0.2) is 0 Å². The molecule has 118 valence electrons. The van der Waals surface area contributed by atoms with Gasteiger partial charge in [0.25, 0.3) is 0 Å². The van der Waals surface area contributed by atoms with E-state index in [1.165, 1.54) is 42.1 Å². The quantitative estimate of drug-likeness (QED) is 0.560. The molecule has 0 heterocycles. The van der Waals surface area contributed by atoms with Gasteiger partial charge >= 0.3 is 0 Å². The summed E-state index contributed by atoms with van der Waals surface area (Å²) in [5.41, 5.74) is 1.88. The molecule has 1 unspecified atom stereocenters. The van der Waals surface area contributed by atoms with Gasteiger partial charge in [0.15, 0.2) is 0 Å². The average molecular weight is 417 g/mol. The highest BCUT2D eigenvalue weighted by Crippen LogP contribution is 2.43. The highest BCUT2D eigenvalue weighted by atomic mass is 79.9. The minimum atomic E-state index is 0.386. The van der Waals surface area contributed by atoms with Crippen molar-refractivity contribution >= 4 is 31.9 Å². The zero-order chi connectivity index (χ0) is 15.5. The molecule has 0 aliphatic heterocycles. The van der Waals surface area contributed by atoms with Crippen LogP contribution >= 0.6 is 31.9 Å². The molecule has 1 nitrogen and oxygen atoms in total. The number of rotatable bonds is 6. The second-order valence-corrected chi connectivity index (χ2v) is 8.84. The van der Waals surface area contributed by atoms with E-state index < -0.39 is 0 Å². The van der Waals surface area contributed by atoms with Crippen LogP contribution in [0.2, 0.25) is 0 Å². The Kier molecular flexibility index (Phi) is 6.34. The van der Waals surface area contributed by atoms with Crippen LogP contribution in [-0.2, 0) is 0 Å². The Balaban J connectivity index is 2.00. The van der Waals surface area contributed by atoms with Gasteiger partial charge < -0.3 is 5.32 Å². The van der Waals surface area contributed by atoms with E-state index in [1.54, 1.807) is 0 Å². The van der Waals surface area contributed by atoms with Crippen LogP contribution in [0.4, 0.5) is 0 Å². The summed E-state index contributed by atoms with van der Waals surface area (Å²) in [6, 6.07) is 6.84. The van der Waals surface area contributed by atoms with Crippen LogP contribution < -0.4 is 5.32 Å². The molecule has 0 amide bonds. The van der Waals surface area contributed by atoms with E-state index in [0.29, 0.717) is 11.5 Å². The maximum absolute atomic E-state index is 3.80. The van der Waals surface area contributed by atoms with E-state index in [9.17, 15) is 0 Å². The summed E-state index contributed by atoms with van der Waals surface area (Å²) in [5, 5.41) is 3.80. The maximum Gasteiger partial charge on any atom is 0.0303 e. The van der Waals surface area contributed by atoms with Crippen molar-refractivity contribution < 1.29 is 0 Å². The van der Waals surface area contributed by atoms with Crippen LogP contribution in [0, 0.1) is 11.3 Å². The Bertz CT molecular complexity index is 464. The minimum Gasteiger partial charge on any atom is -0.310 e. The van der Waals surface area contributed by atoms with Gasteiger partial charge in [0.1, 0.15) is 0 Å². The first-order valence-corrected chi connectivity index (χ1v) is 9.69. The van der Waals surface area contributed by atoms with Gasteiger partial charge in [0.2, 0.25) is 0 Å². The first-order valence-electron chi connectivity index (χ1n) is 8.10. The summed E-state index contributed by atoms with van der Waals surface area (Å²) in [4.78, 5) is 0. The highest BCUT2D eigenvalue weighted by Gasteiger charge is 2.34. The maximum atomic E-state index is 3.80. The largest absolute Gasteiger partial charge is 0.310 e. The molecule has 1 N–H and O–H groups in total. The molecule has 0 aromatic heterocycles. The third-order valence-corrected chi connectivity index (χ3v) is 5.90.